The van der Waals surface area contributed by atoms with E-state index in [0.717, 1.165) is 24.1 Å². The summed E-state index contributed by atoms with van der Waals surface area (Å²) in [5.74, 6) is 0.738. The Balaban J connectivity index is 1.45. The number of carbonyl (C=O) groups is 1. The molecule has 1 amide bonds. The lowest BCUT2D eigenvalue weighted by molar-refractivity contribution is -0.128. The van der Waals surface area contributed by atoms with Crippen LogP contribution in [0, 0.1) is 0 Å². The zero-order chi connectivity index (χ0) is 18.9. The van der Waals surface area contributed by atoms with Crippen molar-refractivity contribution in [1.29, 1.82) is 0 Å². The smallest absolute Gasteiger partial charge is 0.261 e. The van der Waals surface area contributed by atoms with Gasteiger partial charge in [-0.1, -0.05) is 50.1 Å². The number of amides is 1. The van der Waals surface area contributed by atoms with E-state index in [-0.39, 0.29) is 5.91 Å². The van der Waals surface area contributed by atoms with Gasteiger partial charge in [0.15, 0.2) is 6.10 Å². The van der Waals surface area contributed by atoms with Gasteiger partial charge in [-0.3, -0.25) is 4.79 Å². The number of hydrogen-bond donors (Lipinski definition) is 1. The van der Waals surface area contributed by atoms with Crippen molar-refractivity contribution in [2.75, 3.05) is 26.2 Å². The van der Waals surface area contributed by atoms with Crippen molar-refractivity contribution in [3.63, 3.8) is 0 Å². The molecule has 146 valence electrons. The van der Waals surface area contributed by atoms with Crippen molar-refractivity contribution >= 4 is 16.7 Å². The minimum absolute atomic E-state index is 0.0125. The third-order valence-corrected chi connectivity index (χ3v) is 5.31. The molecule has 1 aliphatic rings. The van der Waals surface area contributed by atoms with Crippen LogP contribution in [0.15, 0.2) is 42.5 Å². The van der Waals surface area contributed by atoms with E-state index in [4.69, 9.17) is 4.74 Å². The Morgan fingerprint density at radius 1 is 1.07 bits per heavy atom. The number of nitrogens with zero attached hydrogens (tertiary/aromatic N) is 1. The molecule has 0 spiro atoms. The molecule has 0 bridgehead atoms. The zero-order valence-corrected chi connectivity index (χ0v) is 16.5. The second-order valence-electron chi connectivity index (χ2n) is 7.42. The molecule has 2 aromatic carbocycles. The van der Waals surface area contributed by atoms with Gasteiger partial charge in [0.2, 0.25) is 0 Å². The van der Waals surface area contributed by atoms with Crippen LogP contribution in [0.3, 0.4) is 0 Å². The van der Waals surface area contributed by atoms with Gasteiger partial charge in [-0.05, 0) is 68.2 Å². The van der Waals surface area contributed by atoms with E-state index in [1.807, 2.05) is 37.3 Å². The van der Waals surface area contributed by atoms with Crippen LogP contribution in [0.5, 0.6) is 5.75 Å². The number of likely N-dealkylation sites (tertiary alicyclic amines) is 1. The van der Waals surface area contributed by atoms with E-state index in [2.05, 4.69) is 22.3 Å². The van der Waals surface area contributed by atoms with Crippen molar-refractivity contribution in [2.45, 2.75) is 51.6 Å². The summed E-state index contributed by atoms with van der Waals surface area (Å²) >= 11 is 0. The Labute approximate surface area is 162 Å². The third-order valence-electron chi connectivity index (χ3n) is 5.31. The lowest BCUT2D eigenvalue weighted by Crippen LogP contribution is -2.39. The van der Waals surface area contributed by atoms with Crippen LogP contribution in [0.1, 0.15) is 45.4 Å². The van der Waals surface area contributed by atoms with Crippen LogP contribution in [-0.2, 0) is 4.79 Å². The molecule has 1 heterocycles. The number of benzene rings is 2. The van der Waals surface area contributed by atoms with Crippen LogP contribution < -0.4 is 10.1 Å². The van der Waals surface area contributed by atoms with Gasteiger partial charge in [-0.25, -0.2) is 0 Å². The highest BCUT2D eigenvalue weighted by atomic mass is 16.5. The molecule has 1 aliphatic heterocycles. The summed E-state index contributed by atoms with van der Waals surface area (Å²) in [5, 5.41) is 5.36. The Bertz CT molecular complexity index is 723. The van der Waals surface area contributed by atoms with Crippen molar-refractivity contribution in [3.8, 4) is 5.75 Å². The number of fused-ring (bicyclic) bond motifs is 1. The SMILES string of the molecule is CC[C@@H](Oc1ccc2ccccc2c1)C(=O)NCCCN1CCCCCC1. The highest BCUT2D eigenvalue weighted by Gasteiger charge is 2.18. The largest absolute Gasteiger partial charge is 0.481 e. The molecular formula is C23H32N2O2. The molecular weight excluding hydrogens is 336 g/mol. The summed E-state index contributed by atoms with van der Waals surface area (Å²) in [7, 11) is 0. The standard InChI is InChI=1S/C23H32N2O2/c1-2-22(27-21-13-12-19-10-5-6-11-20(19)18-21)23(26)24-14-9-17-25-15-7-3-4-8-16-25/h5-6,10-13,18,22H,2-4,7-9,14-17H2,1H3,(H,24,26)/t22-/m1/s1. The average Bonchev–Trinajstić information content (AvgIpc) is 2.98. The van der Waals surface area contributed by atoms with Crippen molar-refractivity contribution in [1.82, 2.24) is 10.2 Å². The van der Waals surface area contributed by atoms with Gasteiger partial charge >= 0.3 is 0 Å². The number of hydrogen-bond acceptors (Lipinski definition) is 3. The Kier molecular flexibility index (Phi) is 7.52. The second-order valence-corrected chi connectivity index (χ2v) is 7.42. The molecule has 4 nitrogen and oxygen atoms in total. The molecule has 3 rings (SSSR count). The summed E-state index contributed by atoms with van der Waals surface area (Å²) in [5.41, 5.74) is 0. The molecule has 27 heavy (non-hydrogen) atoms. The van der Waals surface area contributed by atoms with Gasteiger partial charge in [0.05, 0.1) is 0 Å². The van der Waals surface area contributed by atoms with E-state index >= 15 is 0 Å². The fraction of sp³-hybridized carbons (Fsp3) is 0.522. The van der Waals surface area contributed by atoms with Crippen LogP contribution in [0.2, 0.25) is 0 Å². The molecule has 0 unspecified atom stereocenters. The van der Waals surface area contributed by atoms with E-state index in [1.165, 1.54) is 44.2 Å². The van der Waals surface area contributed by atoms with Crippen molar-refractivity contribution < 1.29 is 9.53 Å². The molecule has 0 saturated carbocycles. The third kappa shape index (κ3) is 5.96. The number of nitrogens with one attached hydrogen (secondary N) is 1. The first kappa shape index (κ1) is 19.7. The molecule has 4 heteroatoms. The molecule has 1 saturated heterocycles. The Morgan fingerprint density at radius 3 is 2.56 bits per heavy atom. The summed E-state index contributed by atoms with van der Waals surface area (Å²) in [4.78, 5) is 15.0. The summed E-state index contributed by atoms with van der Waals surface area (Å²) in [6.07, 6.45) is 6.55. The minimum atomic E-state index is -0.440. The van der Waals surface area contributed by atoms with Gasteiger partial charge in [0.1, 0.15) is 5.75 Å². The highest BCUT2D eigenvalue weighted by Crippen LogP contribution is 2.22. The lowest BCUT2D eigenvalue weighted by atomic mass is 10.1. The fourth-order valence-electron chi connectivity index (χ4n) is 3.72. The van der Waals surface area contributed by atoms with E-state index in [0.29, 0.717) is 13.0 Å². The maximum atomic E-state index is 12.5. The fourth-order valence-corrected chi connectivity index (χ4v) is 3.72. The molecule has 1 fully saturated rings. The first-order chi connectivity index (χ1) is 13.3. The minimum Gasteiger partial charge on any atom is -0.481 e. The maximum absolute atomic E-state index is 12.5. The summed E-state index contributed by atoms with van der Waals surface area (Å²) in [6, 6.07) is 14.2. The predicted octanol–water partition coefficient (Wildman–Crippen LogP) is 4.38. The average molecular weight is 369 g/mol. The summed E-state index contributed by atoms with van der Waals surface area (Å²) < 4.78 is 5.97. The van der Waals surface area contributed by atoms with Gasteiger partial charge in [0, 0.05) is 6.54 Å². The highest BCUT2D eigenvalue weighted by molar-refractivity contribution is 5.84. The lowest BCUT2D eigenvalue weighted by Gasteiger charge is -2.20. The van der Waals surface area contributed by atoms with E-state index in [9.17, 15) is 4.79 Å². The molecule has 1 atom stereocenters. The molecule has 0 aromatic heterocycles. The number of carbonyl (C=O) groups excluding carboxylic acids is 1. The monoisotopic (exact) mass is 368 g/mol. The molecule has 0 radical (unpaired) electrons. The van der Waals surface area contributed by atoms with Crippen LogP contribution >= 0.6 is 0 Å². The first-order valence-corrected chi connectivity index (χ1v) is 10.4. The van der Waals surface area contributed by atoms with Gasteiger partial charge in [0.25, 0.3) is 5.91 Å². The Morgan fingerprint density at radius 2 is 1.81 bits per heavy atom. The predicted molar refractivity (Wildman–Crippen MR) is 111 cm³/mol. The molecule has 0 aliphatic carbocycles. The van der Waals surface area contributed by atoms with Crippen molar-refractivity contribution in [3.05, 3.63) is 42.5 Å². The van der Waals surface area contributed by atoms with Gasteiger partial charge in [-0.2, -0.15) is 0 Å². The zero-order valence-electron chi connectivity index (χ0n) is 16.5. The van der Waals surface area contributed by atoms with Gasteiger partial charge < -0.3 is 15.0 Å². The summed E-state index contributed by atoms with van der Waals surface area (Å²) in [6.45, 7) is 6.19. The first-order valence-electron chi connectivity index (χ1n) is 10.4. The molecule has 1 N–H and O–H groups in total. The van der Waals surface area contributed by atoms with E-state index in [1.54, 1.807) is 0 Å². The Hall–Kier alpha value is -2.07. The van der Waals surface area contributed by atoms with Crippen LogP contribution in [-0.4, -0.2) is 43.1 Å². The van der Waals surface area contributed by atoms with E-state index < -0.39 is 6.10 Å². The second kappa shape index (κ2) is 10.3. The van der Waals surface area contributed by atoms with Crippen LogP contribution in [0.25, 0.3) is 10.8 Å². The quantitative estimate of drug-likeness (QED) is 0.703. The number of rotatable bonds is 8. The maximum Gasteiger partial charge on any atom is 0.261 e. The van der Waals surface area contributed by atoms with Crippen molar-refractivity contribution in [2.24, 2.45) is 0 Å². The number of ether oxygens (including phenoxy) is 1. The van der Waals surface area contributed by atoms with Crippen LogP contribution in [0.4, 0.5) is 0 Å². The molecule has 2 aromatic rings. The topological polar surface area (TPSA) is 41.6 Å². The normalized spacial score (nSPS) is 16.6. The van der Waals surface area contributed by atoms with Gasteiger partial charge in [-0.15, -0.1) is 0 Å².